The summed E-state index contributed by atoms with van der Waals surface area (Å²) in [6, 6.07) is 2.69. The molecule has 0 aliphatic carbocycles. The molecule has 0 aromatic carbocycles. The summed E-state index contributed by atoms with van der Waals surface area (Å²) in [7, 11) is 0. The molecule has 0 amide bonds. The zero-order chi connectivity index (χ0) is 13.2. The van der Waals surface area contributed by atoms with Crippen molar-refractivity contribution in [1.29, 1.82) is 0 Å². The largest absolute Gasteiger partial charge is 0.314 e. The molecule has 0 aliphatic rings. The molecule has 1 unspecified atom stereocenters. The van der Waals surface area contributed by atoms with Crippen molar-refractivity contribution in [2.75, 3.05) is 6.54 Å². The van der Waals surface area contributed by atoms with E-state index in [0.717, 1.165) is 18.0 Å². The molecule has 0 bridgehead atoms. The molecule has 0 saturated heterocycles. The second-order valence-electron chi connectivity index (χ2n) is 4.80. The number of aryl methyl sites for hydroxylation is 1. The van der Waals surface area contributed by atoms with Gasteiger partial charge in [0, 0.05) is 18.4 Å². The molecule has 1 aromatic heterocycles. The minimum atomic E-state index is 0.663. The Hall–Kier alpha value is -0.600. The van der Waals surface area contributed by atoms with E-state index >= 15 is 0 Å². The number of nitrogens with one attached hydrogen (secondary N) is 1. The third-order valence-corrected chi connectivity index (χ3v) is 3.52. The van der Waals surface area contributed by atoms with Gasteiger partial charge in [-0.05, 0) is 50.3 Å². The second kappa shape index (κ2) is 9.35. The summed E-state index contributed by atoms with van der Waals surface area (Å²) in [5.74, 6) is 0. The Kier molecular flexibility index (Phi) is 8.03. The second-order valence-corrected chi connectivity index (χ2v) is 5.21. The number of aromatic nitrogens is 1. The average molecular weight is 269 g/mol. The fourth-order valence-corrected chi connectivity index (χ4v) is 2.40. The van der Waals surface area contributed by atoms with Gasteiger partial charge in [0.1, 0.15) is 0 Å². The Morgan fingerprint density at radius 1 is 1.28 bits per heavy atom. The Bertz CT molecular complexity index is 328. The lowest BCUT2D eigenvalue weighted by atomic mass is 10.0. The first kappa shape index (κ1) is 15.5. The molecule has 1 heterocycles. The van der Waals surface area contributed by atoms with Crippen molar-refractivity contribution in [2.24, 2.45) is 0 Å². The number of hydrogen-bond donors (Lipinski definition) is 1. The lowest BCUT2D eigenvalue weighted by Crippen LogP contribution is -2.29. The monoisotopic (exact) mass is 268 g/mol. The van der Waals surface area contributed by atoms with Crippen LogP contribution in [0.3, 0.4) is 0 Å². The van der Waals surface area contributed by atoms with Crippen LogP contribution in [0.5, 0.6) is 0 Å². The maximum absolute atomic E-state index is 6.11. The summed E-state index contributed by atoms with van der Waals surface area (Å²) >= 11 is 6.11. The Balaban J connectivity index is 2.31. The van der Waals surface area contributed by atoms with Crippen LogP contribution in [0, 0.1) is 0 Å². The smallest absolute Gasteiger partial charge is 0.0621 e. The lowest BCUT2D eigenvalue weighted by Gasteiger charge is -2.17. The van der Waals surface area contributed by atoms with Gasteiger partial charge in [-0.2, -0.15) is 0 Å². The zero-order valence-corrected chi connectivity index (χ0v) is 12.3. The maximum atomic E-state index is 6.11. The summed E-state index contributed by atoms with van der Waals surface area (Å²) in [5, 5.41) is 4.42. The highest BCUT2D eigenvalue weighted by Gasteiger charge is 2.07. The molecule has 1 N–H and O–H groups in total. The Morgan fingerprint density at radius 2 is 2.11 bits per heavy atom. The molecule has 3 heteroatoms. The normalized spacial score (nSPS) is 12.6. The molecule has 102 valence electrons. The molecule has 1 rings (SSSR count). The fourth-order valence-electron chi connectivity index (χ4n) is 2.19. The zero-order valence-electron chi connectivity index (χ0n) is 11.6. The van der Waals surface area contributed by atoms with E-state index < -0.39 is 0 Å². The van der Waals surface area contributed by atoms with E-state index in [1.54, 1.807) is 6.20 Å². The van der Waals surface area contributed by atoms with Crippen LogP contribution < -0.4 is 5.32 Å². The van der Waals surface area contributed by atoms with E-state index in [1.165, 1.54) is 37.7 Å². The molecule has 0 saturated carbocycles. The summed E-state index contributed by atoms with van der Waals surface area (Å²) in [6.07, 6.45) is 10.7. The molecule has 0 aliphatic heterocycles. The first-order valence-electron chi connectivity index (χ1n) is 7.09. The minimum Gasteiger partial charge on any atom is -0.314 e. The van der Waals surface area contributed by atoms with E-state index in [4.69, 9.17) is 11.6 Å². The van der Waals surface area contributed by atoms with E-state index in [1.807, 2.05) is 12.3 Å². The predicted octanol–water partition coefficient (Wildman–Crippen LogP) is 4.23. The Labute approximate surface area is 116 Å². The average Bonchev–Trinajstić information content (AvgIpc) is 2.38. The van der Waals surface area contributed by atoms with Crippen LogP contribution in [0.15, 0.2) is 18.5 Å². The van der Waals surface area contributed by atoms with Crippen molar-refractivity contribution < 1.29 is 0 Å². The van der Waals surface area contributed by atoms with Crippen molar-refractivity contribution in [3.63, 3.8) is 0 Å². The molecular weight excluding hydrogens is 244 g/mol. The SMILES string of the molecule is CCCNC(CCC)CCCc1ccncc1Cl. The number of pyridine rings is 1. The first-order valence-corrected chi connectivity index (χ1v) is 7.47. The van der Waals surface area contributed by atoms with Crippen LogP contribution in [0.1, 0.15) is 51.5 Å². The maximum Gasteiger partial charge on any atom is 0.0621 e. The van der Waals surface area contributed by atoms with Crippen molar-refractivity contribution in [3.8, 4) is 0 Å². The summed E-state index contributed by atoms with van der Waals surface area (Å²) in [5.41, 5.74) is 1.22. The lowest BCUT2D eigenvalue weighted by molar-refractivity contribution is 0.438. The highest BCUT2D eigenvalue weighted by atomic mass is 35.5. The molecule has 0 radical (unpaired) electrons. The van der Waals surface area contributed by atoms with Gasteiger partial charge >= 0.3 is 0 Å². The van der Waals surface area contributed by atoms with Crippen LogP contribution in [-0.2, 0) is 6.42 Å². The van der Waals surface area contributed by atoms with Gasteiger partial charge in [-0.15, -0.1) is 0 Å². The van der Waals surface area contributed by atoms with E-state index in [-0.39, 0.29) is 0 Å². The van der Waals surface area contributed by atoms with E-state index in [2.05, 4.69) is 24.1 Å². The van der Waals surface area contributed by atoms with Crippen molar-refractivity contribution >= 4 is 11.6 Å². The topological polar surface area (TPSA) is 24.9 Å². The van der Waals surface area contributed by atoms with Gasteiger partial charge in [0.05, 0.1) is 5.02 Å². The molecule has 0 fully saturated rings. The minimum absolute atomic E-state index is 0.663. The standard InChI is InChI=1S/C15H25ClN2/c1-3-6-14(18-10-4-2)8-5-7-13-9-11-17-12-15(13)16/h9,11-12,14,18H,3-8,10H2,1-2H3. The van der Waals surface area contributed by atoms with Gasteiger partial charge in [0.2, 0.25) is 0 Å². The molecule has 2 nitrogen and oxygen atoms in total. The number of rotatable bonds is 9. The van der Waals surface area contributed by atoms with Gasteiger partial charge in [-0.25, -0.2) is 0 Å². The summed E-state index contributed by atoms with van der Waals surface area (Å²) in [6.45, 7) is 5.59. The van der Waals surface area contributed by atoms with Crippen molar-refractivity contribution in [3.05, 3.63) is 29.0 Å². The first-order chi connectivity index (χ1) is 8.77. The van der Waals surface area contributed by atoms with Crippen LogP contribution in [0.4, 0.5) is 0 Å². The van der Waals surface area contributed by atoms with Gasteiger partial charge < -0.3 is 5.32 Å². The molecular formula is C15H25ClN2. The quantitative estimate of drug-likeness (QED) is 0.725. The third-order valence-electron chi connectivity index (χ3n) is 3.18. The Morgan fingerprint density at radius 3 is 2.78 bits per heavy atom. The van der Waals surface area contributed by atoms with Crippen molar-refractivity contribution in [2.45, 2.75) is 58.4 Å². The van der Waals surface area contributed by atoms with E-state index in [0.29, 0.717) is 6.04 Å². The van der Waals surface area contributed by atoms with Crippen LogP contribution in [0.2, 0.25) is 5.02 Å². The molecule has 0 spiro atoms. The van der Waals surface area contributed by atoms with Gasteiger partial charge in [0.15, 0.2) is 0 Å². The van der Waals surface area contributed by atoms with Gasteiger partial charge in [-0.1, -0.05) is 31.9 Å². The van der Waals surface area contributed by atoms with Crippen LogP contribution >= 0.6 is 11.6 Å². The molecule has 1 atom stereocenters. The van der Waals surface area contributed by atoms with Crippen LogP contribution in [-0.4, -0.2) is 17.6 Å². The van der Waals surface area contributed by atoms with Crippen LogP contribution in [0.25, 0.3) is 0 Å². The number of nitrogens with zero attached hydrogens (tertiary/aromatic N) is 1. The number of halogens is 1. The van der Waals surface area contributed by atoms with Gasteiger partial charge in [0.25, 0.3) is 0 Å². The van der Waals surface area contributed by atoms with Gasteiger partial charge in [-0.3, -0.25) is 4.98 Å². The predicted molar refractivity (Wildman–Crippen MR) is 79.2 cm³/mol. The molecule has 1 aromatic rings. The fraction of sp³-hybridized carbons (Fsp3) is 0.667. The number of hydrogen-bond acceptors (Lipinski definition) is 2. The van der Waals surface area contributed by atoms with Crippen molar-refractivity contribution in [1.82, 2.24) is 10.3 Å². The summed E-state index contributed by atoms with van der Waals surface area (Å²) < 4.78 is 0. The highest BCUT2D eigenvalue weighted by Crippen LogP contribution is 2.17. The van der Waals surface area contributed by atoms with E-state index in [9.17, 15) is 0 Å². The third kappa shape index (κ3) is 5.83. The molecule has 18 heavy (non-hydrogen) atoms. The highest BCUT2D eigenvalue weighted by molar-refractivity contribution is 6.31. The summed E-state index contributed by atoms with van der Waals surface area (Å²) in [4.78, 5) is 4.01.